The minimum atomic E-state index is -0.152. The number of carbonyl (C=O) groups excluding carboxylic acids is 2. The summed E-state index contributed by atoms with van der Waals surface area (Å²) in [6.45, 7) is 3.10. The summed E-state index contributed by atoms with van der Waals surface area (Å²) in [4.78, 5) is 34.4. The maximum atomic E-state index is 12.4. The van der Waals surface area contributed by atoms with Crippen LogP contribution in [0.3, 0.4) is 0 Å². The fourth-order valence-electron chi connectivity index (χ4n) is 2.80. The Kier molecular flexibility index (Phi) is 5.23. The summed E-state index contributed by atoms with van der Waals surface area (Å²) < 4.78 is 0. The van der Waals surface area contributed by atoms with E-state index in [2.05, 4.69) is 20.6 Å². The molecule has 0 aliphatic carbocycles. The highest BCUT2D eigenvalue weighted by Crippen LogP contribution is 2.15. The van der Waals surface area contributed by atoms with Gasteiger partial charge in [0.1, 0.15) is 5.82 Å². The molecule has 3 heterocycles. The van der Waals surface area contributed by atoms with Crippen molar-refractivity contribution in [1.82, 2.24) is 20.2 Å². The molecule has 130 valence electrons. The largest absolute Gasteiger partial charge is 0.349 e. The van der Waals surface area contributed by atoms with Gasteiger partial charge in [0.2, 0.25) is 0 Å². The van der Waals surface area contributed by atoms with Gasteiger partial charge in [-0.15, -0.1) is 0 Å². The molecule has 1 fully saturated rings. The number of carbonyl (C=O) groups is 2. The van der Waals surface area contributed by atoms with E-state index in [-0.39, 0.29) is 18.0 Å². The van der Waals surface area contributed by atoms with E-state index in [1.54, 1.807) is 35.6 Å². The minimum Gasteiger partial charge on any atom is -0.349 e. The number of pyridine rings is 2. The van der Waals surface area contributed by atoms with Crippen LogP contribution in [0.4, 0.5) is 10.6 Å². The first-order chi connectivity index (χ1) is 12.1. The zero-order valence-corrected chi connectivity index (χ0v) is 14.1. The van der Waals surface area contributed by atoms with E-state index in [4.69, 9.17) is 0 Å². The van der Waals surface area contributed by atoms with Crippen molar-refractivity contribution in [1.29, 1.82) is 0 Å². The molecule has 1 aliphatic rings. The summed E-state index contributed by atoms with van der Waals surface area (Å²) in [5, 5.41) is 5.86. The molecule has 3 rings (SSSR count). The standard InChI is InChI=1S/C18H21N5O2/c1-13-3-2-8-20-16(13)22-18(25)23-11-6-15(7-12-23)21-17(24)14-4-9-19-10-5-14/h2-5,8-10,15H,6-7,11-12H2,1H3,(H,21,24)(H,20,22,25). The second-order valence-corrected chi connectivity index (χ2v) is 6.07. The third kappa shape index (κ3) is 4.32. The number of nitrogens with zero attached hydrogens (tertiary/aromatic N) is 3. The third-order valence-electron chi connectivity index (χ3n) is 4.29. The Hall–Kier alpha value is -2.96. The van der Waals surface area contributed by atoms with Gasteiger partial charge in [-0.25, -0.2) is 9.78 Å². The molecule has 3 amide bonds. The maximum absolute atomic E-state index is 12.4. The van der Waals surface area contributed by atoms with Crippen LogP contribution >= 0.6 is 0 Å². The topological polar surface area (TPSA) is 87.2 Å². The SMILES string of the molecule is Cc1cccnc1NC(=O)N1CCC(NC(=O)c2ccncc2)CC1. The van der Waals surface area contributed by atoms with E-state index in [1.807, 2.05) is 19.1 Å². The van der Waals surface area contributed by atoms with E-state index >= 15 is 0 Å². The van der Waals surface area contributed by atoms with Crippen LogP contribution in [0.25, 0.3) is 0 Å². The van der Waals surface area contributed by atoms with Gasteiger partial charge in [-0.2, -0.15) is 0 Å². The van der Waals surface area contributed by atoms with Crippen LogP contribution in [-0.4, -0.2) is 45.9 Å². The Balaban J connectivity index is 1.49. The molecule has 0 unspecified atom stereocenters. The molecule has 1 aliphatic heterocycles. The highest BCUT2D eigenvalue weighted by molar-refractivity contribution is 5.94. The lowest BCUT2D eigenvalue weighted by Crippen LogP contribution is -2.47. The second-order valence-electron chi connectivity index (χ2n) is 6.07. The minimum absolute atomic E-state index is 0.0706. The summed E-state index contributed by atoms with van der Waals surface area (Å²) in [6, 6.07) is 7.04. The molecule has 2 aromatic rings. The number of anilines is 1. The first-order valence-corrected chi connectivity index (χ1v) is 8.32. The lowest BCUT2D eigenvalue weighted by Gasteiger charge is -2.32. The van der Waals surface area contributed by atoms with Crippen molar-refractivity contribution in [3.8, 4) is 0 Å². The van der Waals surface area contributed by atoms with Gasteiger partial charge in [0, 0.05) is 43.3 Å². The average Bonchev–Trinajstić information content (AvgIpc) is 2.65. The van der Waals surface area contributed by atoms with Crippen molar-refractivity contribution in [3.63, 3.8) is 0 Å². The molecule has 2 aromatic heterocycles. The smallest absolute Gasteiger partial charge is 0.323 e. The molecule has 0 atom stereocenters. The zero-order chi connectivity index (χ0) is 17.6. The number of amides is 3. The molecule has 2 N–H and O–H groups in total. The summed E-state index contributed by atoms with van der Waals surface area (Å²) >= 11 is 0. The van der Waals surface area contributed by atoms with Crippen LogP contribution in [0, 0.1) is 6.92 Å². The summed E-state index contributed by atoms with van der Waals surface area (Å²) in [6.07, 6.45) is 6.31. The fraction of sp³-hybridized carbons (Fsp3) is 0.333. The lowest BCUT2D eigenvalue weighted by atomic mass is 10.0. The van der Waals surface area contributed by atoms with Crippen molar-refractivity contribution in [2.75, 3.05) is 18.4 Å². The molecule has 0 radical (unpaired) electrons. The number of hydrogen-bond acceptors (Lipinski definition) is 4. The monoisotopic (exact) mass is 339 g/mol. The van der Waals surface area contributed by atoms with Crippen LogP contribution in [0.1, 0.15) is 28.8 Å². The molecule has 0 bridgehead atoms. The van der Waals surface area contributed by atoms with Crippen molar-refractivity contribution in [2.45, 2.75) is 25.8 Å². The summed E-state index contributed by atoms with van der Waals surface area (Å²) in [5.74, 6) is 0.482. The number of aromatic nitrogens is 2. The lowest BCUT2D eigenvalue weighted by molar-refractivity contribution is 0.0919. The Morgan fingerprint density at radius 3 is 2.52 bits per heavy atom. The van der Waals surface area contributed by atoms with Crippen LogP contribution in [-0.2, 0) is 0 Å². The number of rotatable bonds is 3. The maximum Gasteiger partial charge on any atom is 0.323 e. The van der Waals surface area contributed by atoms with Crippen LogP contribution in [0.15, 0.2) is 42.9 Å². The predicted octanol–water partition coefficient (Wildman–Crippen LogP) is 2.21. The number of likely N-dealkylation sites (tertiary alicyclic amines) is 1. The van der Waals surface area contributed by atoms with Gasteiger partial charge in [0.15, 0.2) is 0 Å². The van der Waals surface area contributed by atoms with Crippen LogP contribution in [0.5, 0.6) is 0 Å². The van der Waals surface area contributed by atoms with Gasteiger partial charge in [-0.1, -0.05) is 6.07 Å². The Morgan fingerprint density at radius 2 is 1.84 bits per heavy atom. The molecular weight excluding hydrogens is 318 g/mol. The van der Waals surface area contributed by atoms with E-state index in [1.165, 1.54) is 0 Å². The van der Waals surface area contributed by atoms with Crippen molar-refractivity contribution in [2.24, 2.45) is 0 Å². The zero-order valence-electron chi connectivity index (χ0n) is 14.1. The van der Waals surface area contributed by atoms with E-state index < -0.39 is 0 Å². The molecule has 25 heavy (non-hydrogen) atoms. The molecule has 0 saturated carbocycles. The number of piperidine rings is 1. The Bertz CT molecular complexity index is 742. The summed E-state index contributed by atoms with van der Waals surface area (Å²) in [5.41, 5.74) is 1.52. The van der Waals surface area contributed by atoms with E-state index in [9.17, 15) is 9.59 Å². The van der Waals surface area contributed by atoms with Gasteiger partial charge < -0.3 is 10.2 Å². The summed E-state index contributed by atoms with van der Waals surface area (Å²) in [7, 11) is 0. The molecule has 7 heteroatoms. The van der Waals surface area contributed by atoms with Gasteiger partial charge in [0.25, 0.3) is 5.91 Å². The second kappa shape index (κ2) is 7.74. The van der Waals surface area contributed by atoms with E-state index in [0.29, 0.717) is 24.5 Å². The quantitative estimate of drug-likeness (QED) is 0.897. The van der Waals surface area contributed by atoms with Gasteiger partial charge in [0.05, 0.1) is 0 Å². The molecule has 1 saturated heterocycles. The molecular formula is C18H21N5O2. The van der Waals surface area contributed by atoms with Crippen molar-refractivity contribution < 1.29 is 9.59 Å². The van der Waals surface area contributed by atoms with Crippen LogP contribution in [0.2, 0.25) is 0 Å². The fourth-order valence-corrected chi connectivity index (χ4v) is 2.80. The molecule has 0 aromatic carbocycles. The highest BCUT2D eigenvalue weighted by Gasteiger charge is 2.24. The van der Waals surface area contributed by atoms with Gasteiger partial charge in [-0.05, 0) is 43.5 Å². The Morgan fingerprint density at radius 1 is 1.12 bits per heavy atom. The number of aryl methyl sites for hydroxylation is 1. The normalized spacial score (nSPS) is 14.8. The van der Waals surface area contributed by atoms with Gasteiger partial charge >= 0.3 is 6.03 Å². The average molecular weight is 339 g/mol. The number of hydrogen-bond donors (Lipinski definition) is 2. The first-order valence-electron chi connectivity index (χ1n) is 8.32. The van der Waals surface area contributed by atoms with Gasteiger partial charge in [-0.3, -0.25) is 15.1 Å². The van der Waals surface area contributed by atoms with E-state index in [0.717, 1.165) is 18.4 Å². The molecule has 7 nitrogen and oxygen atoms in total. The predicted molar refractivity (Wildman–Crippen MR) is 94.3 cm³/mol. The first kappa shape index (κ1) is 16.9. The number of urea groups is 1. The van der Waals surface area contributed by atoms with Crippen molar-refractivity contribution >= 4 is 17.8 Å². The third-order valence-corrected chi connectivity index (χ3v) is 4.29. The highest BCUT2D eigenvalue weighted by atomic mass is 16.2. The number of nitrogens with one attached hydrogen (secondary N) is 2. The molecule has 0 spiro atoms. The Labute approximate surface area is 146 Å². The van der Waals surface area contributed by atoms with Crippen molar-refractivity contribution in [3.05, 3.63) is 54.0 Å². The van der Waals surface area contributed by atoms with Crippen LogP contribution < -0.4 is 10.6 Å².